The summed E-state index contributed by atoms with van der Waals surface area (Å²) in [4.78, 5) is 13.1. The lowest BCUT2D eigenvalue weighted by atomic mass is 10.1. The van der Waals surface area contributed by atoms with Gasteiger partial charge in [-0.2, -0.15) is 10.2 Å². The number of hydrogen-bond donors (Lipinski definition) is 1. The average Bonchev–Trinajstić information content (AvgIpc) is 3.38. The number of aromatic nitrogens is 5. The summed E-state index contributed by atoms with van der Waals surface area (Å²) in [7, 11) is 0. The average molecular weight is 487 g/mol. The van der Waals surface area contributed by atoms with Crippen LogP contribution in [0.15, 0.2) is 28.8 Å². The van der Waals surface area contributed by atoms with Gasteiger partial charge in [-0.3, -0.25) is 9.48 Å². The molecule has 0 saturated heterocycles. The zero-order valence-electron chi connectivity index (χ0n) is 19.4. The fourth-order valence-corrected chi connectivity index (χ4v) is 3.74. The van der Waals surface area contributed by atoms with E-state index in [4.69, 9.17) is 20.9 Å². The Balaban J connectivity index is 1.53. The molecular formula is C23H24ClFN6O3. The van der Waals surface area contributed by atoms with Crippen LogP contribution in [0.4, 0.5) is 10.1 Å². The molecule has 0 atom stereocenters. The van der Waals surface area contributed by atoms with E-state index in [1.54, 1.807) is 42.3 Å². The first kappa shape index (κ1) is 23.5. The molecule has 3 aromatic heterocycles. The Hall–Kier alpha value is -3.66. The van der Waals surface area contributed by atoms with Crippen LogP contribution >= 0.6 is 11.6 Å². The number of benzene rings is 1. The third-order valence-electron chi connectivity index (χ3n) is 5.57. The van der Waals surface area contributed by atoms with Gasteiger partial charge in [0.1, 0.15) is 17.3 Å². The first-order valence-corrected chi connectivity index (χ1v) is 10.9. The van der Waals surface area contributed by atoms with Crippen molar-refractivity contribution in [3.63, 3.8) is 0 Å². The number of nitrogens with zero attached hydrogens (tertiary/aromatic N) is 5. The van der Waals surface area contributed by atoms with Crippen LogP contribution in [-0.4, -0.2) is 30.6 Å². The van der Waals surface area contributed by atoms with Crippen molar-refractivity contribution in [1.82, 2.24) is 24.7 Å². The minimum absolute atomic E-state index is 0.0546. The molecule has 178 valence electrons. The fraction of sp³-hybridized carbons (Fsp3) is 0.304. The second-order valence-electron chi connectivity index (χ2n) is 7.94. The van der Waals surface area contributed by atoms with Crippen molar-refractivity contribution in [2.24, 2.45) is 0 Å². The van der Waals surface area contributed by atoms with Crippen LogP contribution in [-0.2, 0) is 13.3 Å². The largest absolute Gasteiger partial charge is 0.471 e. The lowest BCUT2D eigenvalue weighted by Gasteiger charge is -2.09. The van der Waals surface area contributed by atoms with Crippen molar-refractivity contribution in [2.75, 3.05) is 5.32 Å². The van der Waals surface area contributed by atoms with Gasteiger partial charge in [0.25, 0.3) is 5.91 Å². The molecule has 3 heterocycles. The maximum atomic E-state index is 13.4. The molecular weight excluding hydrogens is 463 g/mol. The molecule has 11 heteroatoms. The first-order valence-electron chi connectivity index (χ1n) is 10.5. The molecule has 1 aromatic carbocycles. The standard InChI is InChI=1S/C23H24ClFN6O3/c1-12-20(24)14(3)30(27-12)10-19-16(5)34-29-22(19)23(32)26-21-13(2)28-31(15(21)4)11-33-18-8-6-7-17(25)9-18/h6-9H,10-11H2,1-5H3,(H,26,32). The molecule has 0 unspecified atom stereocenters. The summed E-state index contributed by atoms with van der Waals surface area (Å²) >= 11 is 6.26. The number of nitrogens with one attached hydrogen (secondary N) is 1. The third-order valence-corrected chi connectivity index (χ3v) is 6.12. The summed E-state index contributed by atoms with van der Waals surface area (Å²) in [5, 5.41) is 16.3. The molecule has 1 N–H and O–H groups in total. The zero-order valence-corrected chi connectivity index (χ0v) is 20.2. The molecule has 0 bridgehead atoms. The SMILES string of the molecule is Cc1nn(Cc2c(C(=O)Nc3c(C)nn(COc4cccc(F)c4)c3C)noc2C)c(C)c1Cl. The van der Waals surface area contributed by atoms with E-state index in [0.29, 0.717) is 44.9 Å². The summed E-state index contributed by atoms with van der Waals surface area (Å²) in [5.74, 6) is 0.0723. The van der Waals surface area contributed by atoms with Crippen LogP contribution in [0.3, 0.4) is 0 Å². The number of carbonyl (C=O) groups excluding carboxylic acids is 1. The molecule has 34 heavy (non-hydrogen) atoms. The summed E-state index contributed by atoms with van der Waals surface area (Å²) in [6.07, 6.45) is 0. The molecule has 1 amide bonds. The van der Waals surface area contributed by atoms with E-state index in [2.05, 4.69) is 20.7 Å². The van der Waals surface area contributed by atoms with E-state index in [1.165, 1.54) is 12.1 Å². The Morgan fingerprint density at radius 3 is 2.53 bits per heavy atom. The number of hydrogen-bond acceptors (Lipinski definition) is 6. The Labute approximate surface area is 200 Å². The monoisotopic (exact) mass is 486 g/mol. The van der Waals surface area contributed by atoms with Gasteiger partial charge < -0.3 is 14.6 Å². The molecule has 9 nitrogen and oxygen atoms in total. The van der Waals surface area contributed by atoms with Crippen LogP contribution in [0.1, 0.15) is 44.6 Å². The number of aryl methyl sites for hydroxylation is 3. The molecule has 0 aliphatic rings. The van der Waals surface area contributed by atoms with Crippen molar-refractivity contribution in [2.45, 2.75) is 47.9 Å². The minimum atomic E-state index is -0.434. The van der Waals surface area contributed by atoms with Gasteiger partial charge in [-0.1, -0.05) is 22.8 Å². The van der Waals surface area contributed by atoms with Crippen LogP contribution in [0, 0.1) is 40.4 Å². The highest BCUT2D eigenvalue weighted by molar-refractivity contribution is 6.31. The van der Waals surface area contributed by atoms with E-state index in [0.717, 1.165) is 5.69 Å². The van der Waals surface area contributed by atoms with Crippen LogP contribution in [0.25, 0.3) is 0 Å². The smallest absolute Gasteiger partial charge is 0.278 e. The van der Waals surface area contributed by atoms with E-state index in [1.807, 2.05) is 13.8 Å². The number of amides is 1. The highest BCUT2D eigenvalue weighted by atomic mass is 35.5. The molecule has 0 aliphatic heterocycles. The zero-order chi connectivity index (χ0) is 24.6. The number of carbonyl (C=O) groups is 1. The summed E-state index contributed by atoms with van der Waals surface area (Å²) in [6, 6.07) is 5.85. The van der Waals surface area contributed by atoms with Crippen LogP contribution < -0.4 is 10.1 Å². The number of halogens is 2. The maximum absolute atomic E-state index is 13.4. The first-order chi connectivity index (χ1) is 16.2. The Bertz CT molecular complexity index is 1370. The van der Waals surface area contributed by atoms with Gasteiger partial charge in [0.15, 0.2) is 12.4 Å². The van der Waals surface area contributed by atoms with Gasteiger partial charge in [0, 0.05) is 11.6 Å². The van der Waals surface area contributed by atoms with E-state index < -0.39 is 5.91 Å². The predicted molar refractivity (Wildman–Crippen MR) is 124 cm³/mol. The topological polar surface area (TPSA) is 100 Å². The van der Waals surface area contributed by atoms with Gasteiger partial charge >= 0.3 is 0 Å². The summed E-state index contributed by atoms with van der Waals surface area (Å²) in [5.41, 5.74) is 4.07. The minimum Gasteiger partial charge on any atom is -0.471 e. The predicted octanol–water partition coefficient (Wildman–Crippen LogP) is 4.74. The Morgan fingerprint density at radius 1 is 1.12 bits per heavy atom. The number of anilines is 1. The normalized spacial score (nSPS) is 11.1. The molecule has 0 aliphatic carbocycles. The van der Waals surface area contributed by atoms with E-state index in [-0.39, 0.29) is 24.8 Å². The second-order valence-corrected chi connectivity index (χ2v) is 8.32. The Morgan fingerprint density at radius 2 is 1.85 bits per heavy atom. The third kappa shape index (κ3) is 4.54. The highest BCUT2D eigenvalue weighted by Crippen LogP contribution is 2.25. The van der Waals surface area contributed by atoms with Gasteiger partial charge in [-0.25, -0.2) is 9.07 Å². The van der Waals surface area contributed by atoms with Gasteiger partial charge in [0.2, 0.25) is 0 Å². The van der Waals surface area contributed by atoms with Crippen molar-refractivity contribution in [3.05, 3.63) is 74.9 Å². The molecule has 0 saturated carbocycles. The highest BCUT2D eigenvalue weighted by Gasteiger charge is 2.24. The molecule has 0 radical (unpaired) electrons. The van der Waals surface area contributed by atoms with Gasteiger partial charge in [-0.05, 0) is 46.8 Å². The van der Waals surface area contributed by atoms with E-state index in [9.17, 15) is 9.18 Å². The van der Waals surface area contributed by atoms with Crippen molar-refractivity contribution in [3.8, 4) is 5.75 Å². The quantitative estimate of drug-likeness (QED) is 0.405. The number of ether oxygens (including phenoxy) is 1. The Kier molecular flexibility index (Phi) is 6.43. The van der Waals surface area contributed by atoms with Crippen molar-refractivity contribution >= 4 is 23.2 Å². The number of rotatable bonds is 7. The van der Waals surface area contributed by atoms with Gasteiger partial charge in [0.05, 0.1) is 40.0 Å². The van der Waals surface area contributed by atoms with Crippen molar-refractivity contribution < 1.29 is 18.4 Å². The maximum Gasteiger partial charge on any atom is 0.278 e. The molecule has 0 fully saturated rings. The molecule has 0 spiro atoms. The van der Waals surface area contributed by atoms with E-state index >= 15 is 0 Å². The summed E-state index contributed by atoms with van der Waals surface area (Å²) in [6.45, 7) is 9.34. The lowest BCUT2D eigenvalue weighted by molar-refractivity contribution is 0.101. The summed E-state index contributed by atoms with van der Waals surface area (Å²) < 4.78 is 27.6. The second kappa shape index (κ2) is 9.30. The van der Waals surface area contributed by atoms with Crippen LogP contribution in [0.2, 0.25) is 5.02 Å². The van der Waals surface area contributed by atoms with Crippen molar-refractivity contribution in [1.29, 1.82) is 0 Å². The molecule has 4 aromatic rings. The lowest BCUT2D eigenvalue weighted by Crippen LogP contribution is -2.17. The molecule has 4 rings (SSSR count). The van der Waals surface area contributed by atoms with Crippen LogP contribution in [0.5, 0.6) is 5.75 Å². The fourth-order valence-electron chi connectivity index (χ4n) is 3.60. The van der Waals surface area contributed by atoms with Gasteiger partial charge in [-0.15, -0.1) is 0 Å².